The fraction of sp³-hybridized carbons (Fsp3) is 0. The minimum absolute atomic E-state index is 0.185. The maximum Gasteiger partial charge on any atom is 0.221 e. The zero-order chi connectivity index (χ0) is 10.7. The summed E-state index contributed by atoms with van der Waals surface area (Å²) in [5.74, 6) is 0.0723. The van der Waals surface area contributed by atoms with Gasteiger partial charge < -0.3 is 4.42 Å². The lowest BCUT2D eigenvalue weighted by atomic mass is 10.2. The Bertz CT molecular complexity index is 482. The van der Waals surface area contributed by atoms with Crippen LogP contribution in [0.15, 0.2) is 40.1 Å². The lowest BCUT2D eigenvalue weighted by molar-refractivity contribution is 0.102. The van der Waals surface area contributed by atoms with Gasteiger partial charge in [0.25, 0.3) is 0 Å². The topological polar surface area (TPSA) is 30.2 Å². The van der Waals surface area contributed by atoms with E-state index in [-0.39, 0.29) is 16.8 Å². The quantitative estimate of drug-likeness (QED) is 0.600. The summed E-state index contributed by atoms with van der Waals surface area (Å²) in [6.07, 6.45) is 3.23. The third-order valence-electron chi connectivity index (χ3n) is 1.76. The molecule has 0 fully saturated rings. The highest BCUT2D eigenvalue weighted by Crippen LogP contribution is 2.15. The molecule has 0 saturated heterocycles. The molecule has 2 heterocycles. The van der Waals surface area contributed by atoms with Crippen LogP contribution in [0.1, 0.15) is 15.4 Å². The lowest BCUT2D eigenvalue weighted by Crippen LogP contribution is -1.89. The summed E-state index contributed by atoms with van der Waals surface area (Å²) in [6.45, 7) is 0. The maximum absolute atomic E-state index is 11.5. The van der Waals surface area contributed by atoms with Crippen molar-refractivity contribution in [3.63, 3.8) is 0 Å². The zero-order valence-corrected chi connectivity index (χ0v) is 9.22. The molecule has 0 aliphatic carbocycles. The van der Waals surface area contributed by atoms with Crippen LogP contribution in [-0.4, -0.2) is 5.78 Å². The molecule has 0 aliphatic rings. The normalized spacial score (nSPS) is 11.0. The number of carbonyl (C=O) groups excluding carboxylic acids is 1. The number of carbonyl (C=O) groups is 1. The number of ketones is 1. The van der Waals surface area contributed by atoms with Crippen LogP contribution in [-0.2, 0) is 0 Å². The van der Waals surface area contributed by atoms with Crippen LogP contribution in [0.5, 0.6) is 0 Å². The van der Waals surface area contributed by atoms with E-state index in [1.54, 1.807) is 29.5 Å². The highest BCUT2D eigenvalue weighted by Gasteiger charge is 2.06. The molecule has 2 nitrogen and oxygen atoms in total. The molecule has 0 amide bonds. The Morgan fingerprint density at radius 2 is 2.27 bits per heavy atom. The standard InChI is InChI=1S/C11H7ClO2S/c12-11-6-5-10(14-11)9(13)4-3-8-2-1-7-15-8/h1-7H/b4-3+. The van der Waals surface area contributed by atoms with Gasteiger partial charge in [-0.15, -0.1) is 11.3 Å². The van der Waals surface area contributed by atoms with Crippen molar-refractivity contribution in [3.05, 3.63) is 51.6 Å². The lowest BCUT2D eigenvalue weighted by Gasteiger charge is -1.87. The molecular formula is C11H7ClO2S. The van der Waals surface area contributed by atoms with Gasteiger partial charge >= 0.3 is 0 Å². The number of hydrogen-bond acceptors (Lipinski definition) is 3. The van der Waals surface area contributed by atoms with Gasteiger partial charge in [0.15, 0.2) is 11.0 Å². The predicted molar refractivity (Wildman–Crippen MR) is 61.4 cm³/mol. The minimum atomic E-state index is -0.185. The molecule has 2 aromatic heterocycles. The fourth-order valence-electron chi connectivity index (χ4n) is 1.07. The van der Waals surface area contributed by atoms with E-state index >= 15 is 0 Å². The van der Waals surface area contributed by atoms with Crippen molar-refractivity contribution in [1.82, 2.24) is 0 Å². The van der Waals surface area contributed by atoms with Gasteiger partial charge in [0, 0.05) is 4.88 Å². The van der Waals surface area contributed by atoms with Gasteiger partial charge in [0.1, 0.15) is 0 Å². The van der Waals surface area contributed by atoms with Crippen LogP contribution in [0.4, 0.5) is 0 Å². The number of furan rings is 1. The molecule has 0 aliphatic heterocycles. The van der Waals surface area contributed by atoms with Gasteiger partial charge in [0.05, 0.1) is 0 Å². The van der Waals surface area contributed by atoms with Crippen molar-refractivity contribution in [1.29, 1.82) is 0 Å². The van der Waals surface area contributed by atoms with Crippen molar-refractivity contribution in [2.45, 2.75) is 0 Å². The van der Waals surface area contributed by atoms with Crippen molar-refractivity contribution in [2.24, 2.45) is 0 Å². The van der Waals surface area contributed by atoms with Crippen LogP contribution < -0.4 is 0 Å². The molecular weight excluding hydrogens is 232 g/mol. The first-order chi connectivity index (χ1) is 7.25. The monoisotopic (exact) mass is 238 g/mol. The number of hydrogen-bond donors (Lipinski definition) is 0. The average molecular weight is 239 g/mol. The molecule has 0 N–H and O–H groups in total. The highest BCUT2D eigenvalue weighted by atomic mass is 35.5. The predicted octanol–water partition coefficient (Wildman–Crippen LogP) is 3.89. The van der Waals surface area contributed by atoms with Gasteiger partial charge in [-0.3, -0.25) is 4.79 Å². The van der Waals surface area contributed by atoms with Crippen molar-refractivity contribution >= 4 is 34.8 Å². The summed E-state index contributed by atoms with van der Waals surface area (Å²) < 4.78 is 4.98. The summed E-state index contributed by atoms with van der Waals surface area (Å²) >= 11 is 7.13. The second-order valence-corrected chi connectivity index (χ2v) is 4.17. The molecule has 0 spiro atoms. The van der Waals surface area contributed by atoms with Crippen LogP contribution in [0, 0.1) is 0 Å². The smallest absolute Gasteiger partial charge is 0.221 e. The second-order valence-electron chi connectivity index (χ2n) is 2.82. The summed E-state index contributed by atoms with van der Waals surface area (Å²) in [5, 5.41) is 2.18. The molecule has 0 saturated carbocycles. The summed E-state index contributed by atoms with van der Waals surface area (Å²) in [6, 6.07) is 6.97. The molecule has 15 heavy (non-hydrogen) atoms. The van der Waals surface area contributed by atoms with Gasteiger partial charge in [-0.25, -0.2) is 0 Å². The van der Waals surface area contributed by atoms with Gasteiger partial charge in [-0.1, -0.05) is 6.07 Å². The van der Waals surface area contributed by atoms with Crippen LogP contribution >= 0.6 is 22.9 Å². The largest absolute Gasteiger partial charge is 0.441 e. The van der Waals surface area contributed by atoms with Gasteiger partial charge in [-0.05, 0) is 47.3 Å². The fourth-order valence-corrected chi connectivity index (χ4v) is 1.84. The molecule has 0 radical (unpaired) electrons. The Labute approximate surface area is 95.8 Å². The van der Waals surface area contributed by atoms with E-state index in [9.17, 15) is 4.79 Å². The molecule has 0 atom stereocenters. The first-order valence-corrected chi connectivity index (χ1v) is 5.53. The van der Waals surface area contributed by atoms with Crippen LogP contribution in [0.2, 0.25) is 5.22 Å². The Hall–Kier alpha value is -1.32. The first-order valence-electron chi connectivity index (χ1n) is 4.27. The van der Waals surface area contributed by atoms with E-state index in [0.717, 1.165) is 4.88 Å². The SMILES string of the molecule is O=C(/C=C/c1cccs1)c1ccc(Cl)o1. The number of thiophene rings is 1. The molecule has 0 aromatic carbocycles. The van der Waals surface area contributed by atoms with Crippen LogP contribution in [0.3, 0.4) is 0 Å². The Kier molecular flexibility index (Phi) is 3.04. The van der Waals surface area contributed by atoms with E-state index in [4.69, 9.17) is 16.0 Å². The molecule has 4 heteroatoms. The zero-order valence-electron chi connectivity index (χ0n) is 7.64. The third-order valence-corrected chi connectivity index (χ3v) is 2.80. The first kappa shape index (κ1) is 10.2. The molecule has 0 unspecified atom stereocenters. The molecule has 0 bridgehead atoms. The summed E-state index contributed by atoms with van der Waals surface area (Å²) in [7, 11) is 0. The van der Waals surface area contributed by atoms with E-state index in [2.05, 4.69) is 0 Å². The van der Waals surface area contributed by atoms with Crippen molar-refractivity contribution in [3.8, 4) is 0 Å². The third kappa shape index (κ3) is 2.58. The number of rotatable bonds is 3. The average Bonchev–Trinajstić information content (AvgIpc) is 2.84. The van der Waals surface area contributed by atoms with E-state index in [1.165, 1.54) is 6.08 Å². The maximum atomic E-state index is 11.5. The summed E-state index contributed by atoms with van der Waals surface area (Å²) in [5.41, 5.74) is 0. The number of halogens is 1. The molecule has 2 rings (SSSR count). The number of allylic oxidation sites excluding steroid dienone is 1. The van der Waals surface area contributed by atoms with Gasteiger partial charge in [-0.2, -0.15) is 0 Å². The molecule has 76 valence electrons. The van der Waals surface area contributed by atoms with E-state index < -0.39 is 0 Å². The Morgan fingerprint density at radius 3 is 2.87 bits per heavy atom. The second kappa shape index (κ2) is 4.47. The van der Waals surface area contributed by atoms with Crippen molar-refractivity contribution < 1.29 is 9.21 Å². The summed E-state index contributed by atoms with van der Waals surface area (Å²) in [4.78, 5) is 12.5. The van der Waals surface area contributed by atoms with Gasteiger partial charge in [0.2, 0.25) is 5.78 Å². The van der Waals surface area contributed by atoms with E-state index in [0.29, 0.717) is 0 Å². The van der Waals surface area contributed by atoms with Crippen LogP contribution in [0.25, 0.3) is 6.08 Å². The Morgan fingerprint density at radius 1 is 1.40 bits per heavy atom. The highest BCUT2D eigenvalue weighted by molar-refractivity contribution is 7.10. The van der Waals surface area contributed by atoms with Crippen molar-refractivity contribution in [2.75, 3.05) is 0 Å². The van der Waals surface area contributed by atoms with E-state index in [1.807, 2.05) is 17.5 Å². The molecule has 2 aromatic rings. The Balaban J connectivity index is 2.10. The minimum Gasteiger partial charge on any atom is -0.441 e.